The molecule has 0 fully saturated rings. The maximum atomic E-state index is 13.0. The van der Waals surface area contributed by atoms with Gasteiger partial charge in [0.05, 0.1) is 16.6 Å². The van der Waals surface area contributed by atoms with Crippen molar-refractivity contribution in [3.8, 4) is 0 Å². The molecule has 2 aromatic carbocycles. The van der Waals surface area contributed by atoms with E-state index in [1.807, 2.05) is 31.2 Å². The van der Waals surface area contributed by atoms with Crippen LogP contribution in [0.2, 0.25) is 0 Å². The van der Waals surface area contributed by atoms with Gasteiger partial charge in [-0.1, -0.05) is 18.2 Å². The molecule has 4 nitrogen and oxygen atoms in total. The highest BCUT2D eigenvalue weighted by Gasteiger charge is 2.30. The summed E-state index contributed by atoms with van der Waals surface area (Å²) in [6, 6.07) is 13.9. The minimum absolute atomic E-state index is 0.0344. The molecule has 1 heterocycles. The lowest BCUT2D eigenvalue weighted by Crippen LogP contribution is -2.45. The number of fused-ring (bicyclic) bond motifs is 2. The van der Waals surface area contributed by atoms with E-state index in [4.69, 9.17) is 0 Å². The third kappa shape index (κ3) is 3.16. The molecule has 25 heavy (non-hydrogen) atoms. The number of rotatable bonds is 3. The van der Waals surface area contributed by atoms with E-state index in [0.29, 0.717) is 5.69 Å². The van der Waals surface area contributed by atoms with Gasteiger partial charge in [0.1, 0.15) is 6.54 Å². The summed E-state index contributed by atoms with van der Waals surface area (Å²) in [7, 11) is 0. The van der Waals surface area contributed by atoms with Gasteiger partial charge in [-0.25, -0.2) is 0 Å². The van der Waals surface area contributed by atoms with Crippen molar-refractivity contribution in [3.63, 3.8) is 0 Å². The number of carbonyl (C=O) groups is 2. The Morgan fingerprint density at radius 3 is 2.84 bits per heavy atom. The van der Waals surface area contributed by atoms with Crippen molar-refractivity contribution >= 4 is 35.0 Å². The molecule has 0 aromatic heterocycles. The lowest BCUT2D eigenvalue weighted by atomic mass is 10.1. The standard InChI is InChI=1S/C20H20N2O2S/c1-13(25-16-10-9-14-5-4-6-15(14)11-16)20(24)22-12-19(23)21-17-7-2-3-8-18(17)22/h2-3,7-11,13H,4-6,12H2,1H3,(H,21,23)/t13-/m0/s1. The summed E-state index contributed by atoms with van der Waals surface area (Å²) >= 11 is 1.56. The molecular weight excluding hydrogens is 332 g/mol. The minimum atomic E-state index is -0.251. The second-order valence-corrected chi connectivity index (χ2v) is 7.95. The quantitative estimate of drug-likeness (QED) is 0.858. The van der Waals surface area contributed by atoms with Gasteiger partial charge >= 0.3 is 0 Å². The van der Waals surface area contributed by atoms with Gasteiger partial charge < -0.3 is 5.32 Å². The third-order valence-corrected chi connectivity index (χ3v) is 5.85. The highest BCUT2D eigenvalue weighted by Crippen LogP contribution is 2.33. The molecular formula is C20H20N2O2S. The molecule has 0 unspecified atom stereocenters. The lowest BCUT2D eigenvalue weighted by molar-refractivity contribution is -0.121. The Bertz CT molecular complexity index is 849. The lowest BCUT2D eigenvalue weighted by Gasteiger charge is -2.30. The van der Waals surface area contributed by atoms with Gasteiger partial charge in [-0.15, -0.1) is 11.8 Å². The SMILES string of the molecule is C[C@H](Sc1ccc2c(c1)CCC2)C(=O)N1CC(=O)Nc2ccccc21. The number of nitrogens with one attached hydrogen (secondary N) is 1. The van der Waals surface area contributed by atoms with E-state index in [1.165, 1.54) is 17.5 Å². The van der Waals surface area contributed by atoms with Crippen molar-refractivity contribution in [3.05, 3.63) is 53.6 Å². The fraction of sp³-hybridized carbons (Fsp3) is 0.300. The zero-order valence-corrected chi connectivity index (χ0v) is 14.9. The topological polar surface area (TPSA) is 49.4 Å². The van der Waals surface area contributed by atoms with Crippen LogP contribution in [0.1, 0.15) is 24.5 Å². The number of anilines is 2. The molecule has 0 radical (unpaired) electrons. The Kier molecular flexibility index (Phi) is 4.25. The second kappa shape index (κ2) is 6.56. The van der Waals surface area contributed by atoms with E-state index < -0.39 is 0 Å². The molecule has 2 aliphatic rings. The molecule has 0 spiro atoms. The van der Waals surface area contributed by atoms with E-state index in [1.54, 1.807) is 16.7 Å². The smallest absolute Gasteiger partial charge is 0.244 e. The van der Waals surface area contributed by atoms with Crippen LogP contribution in [0.3, 0.4) is 0 Å². The number of carbonyl (C=O) groups excluding carboxylic acids is 2. The monoisotopic (exact) mass is 352 g/mol. The molecule has 1 aliphatic heterocycles. The summed E-state index contributed by atoms with van der Waals surface area (Å²) in [5.41, 5.74) is 4.31. The van der Waals surface area contributed by atoms with Crippen LogP contribution in [0.25, 0.3) is 0 Å². The van der Waals surface area contributed by atoms with Crippen LogP contribution in [0, 0.1) is 0 Å². The highest BCUT2D eigenvalue weighted by molar-refractivity contribution is 8.00. The Hall–Kier alpha value is -2.27. The minimum Gasteiger partial charge on any atom is -0.323 e. The number of hydrogen-bond donors (Lipinski definition) is 1. The molecule has 1 aliphatic carbocycles. The molecule has 0 saturated carbocycles. The van der Waals surface area contributed by atoms with Gasteiger partial charge in [-0.2, -0.15) is 0 Å². The van der Waals surface area contributed by atoms with Crippen molar-refractivity contribution in [2.75, 3.05) is 16.8 Å². The van der Waals surface area contributed by atoms with E-state index >= 15 is 0 Å². The van der Waals surface area contributed by atoms with Crippen LogP contribution in [0.15, 0.2) is 47.4 Å². The first-order chi connectivity index (χ1) is 12.1. The highest BCUT2D eigenvalue weighted by atomic mass is 32.2. The summed E-state index contributed by atoms with van der Waals surface area (Å²) in [5.74, 6) is -0.186. The molecule has 5 heteroatoms. The normalized spacial score (nSPS) is 16.8. The van der Waals surface area contributed by atoms with Crippen LogP contribution in [0.4, 0.5) is 11.4 Å². The zero-order valence-electron chi connectivity index (χ0n) is 14.1. The van der Waals surface area contributed by atoms with E-state index in [0.717, 1.165) is 23.4 Å². The van der Waals surface area contributed by atoms with Gasteiger partial charge in [0.2, 0.25) is 11.8 Å². The largest absolute Gasteiger partial charge is 0.323 e. The zero-order chi connectivity index (χ0) is 17.4. The second-order valence-electron chi connectivity index (χ2n) is 6.53. The van der Waals surface area contributed by atoms with Crippen LogP contribution >= 0.6 is 11.8 Å². The first kappa shape index (κ1) is 16.2. The predicted molar refractivity (Wildman–Crippen MR) is 101 cm³/mol. The van der Waals surface area contributed by atoms with Crippen LogP contribution in [-0.4, -0.2) is 23.6 Å². The van der Waals surface area contributed by atoms with Crippen molar-refractivity contribution in [1.82, 2.24) is 0 Å². The van der Waals surface area contributed by atoms with E-state index in [2.05, 4.69) is 23.5 Å². The fourth-order valence-electron chi connectivity index (χ4n) is 3.53. The Morgan fingerprint density at radius 2 is 1.96 bits per heavy atom. The maximum Gasteiger partial charge on any atom is 0.244 e. The van der Waals surface area contributed by atoms with Crippen LogP contribution in [-0.2, 0) is 22.4 Å². The number of amides is 2. The average Bonchev–Trinajstić information content (AvgIpc) is 3.08. The summed E-state index contributed by atoms with van der Waals surface area (Å²) in [4.78, 5) is 27.6. The number of aryl methyl sites for hydroxylation is 2. The van der Waals surface area contributed by atoms with Crippen molar-refractivity contribution in [2.45, 2.75) is 36.3 Å². The average molecular weight is 352 g/mol. The molecule has 1 atom stereocenters. The molecule has 2 amide bonds. The molecule has 0 bridgehead atoms. The molecule has 128 valence electrons. The van der Waals surface area contributed by atoms with Gasteiger partial charge in [-0.3, -0.25) is 14.5 Å². The van der Waals surface area contributed by atoms with Crippen molar-refractivity contribution < 1.29 is 9.59 Å². The third-order valence-electron chi connectivity index (χ3n) is 4.77. The number of hydrogen-bond acceptors (Lipinski definition) is 3. The van der Waals surface area contributed by atoms with Gasteiger partial charge in [0.15, 0.2) is 0 Å². The first-order valence-corrected chi connectivity index (χ1v) is 9.48. The molecule has 0 saturated heterocycles. The van der Waals surface area contributed by atoms with Crippen LogP contribution < -0.4 is 10.2 Å². The number of thioether (sulfide) groups is 1. The first-order valence-electron chi connectivity index (χ1n) is 8.60. The van der Waals surface area contributed by atoms with Crippen molar-refractivity contribution in [2.24, 2.45) is 0 Å². The summed E-state index contributed by atoms with van der Waals surface area (Å²) in [6.07, 6.45) is 3.51. The molecule has 1 N–H and O–H groups in total. The summed E-state index contributed by atoms with van der Waals surface area (Å²) in [5, 5.41) is 2.57. The predicted octanol–water partition coefficient (Wildman–Crippen LogP) is 3.64. The van der Waals surface area contributed by atoms with Gasteiger partial charge in [-0.05, 0) is 61.6 Å². The van der Waals surface area contributed by atoms with E-state index in [9.17, 15) is 9.59 Å². The Morgan fingerprint density at radius 1 is 1.16 bits per heavy atom. The van der Waals surface area contributed by atoms with Crippen LogP contribution in [0.5, 0.6) is 0 Å². The Labute approximate surface area is 151 Å². The fourth-order valence-corrected chi connectivity index (χ4v) is 4.52. The maximum absolute atomic E-state index is 13.0. The number of nitrogens with zero attached hydrogens (tertiary/aromatic N) is 1. The summed E-state index contributed by atoms with van der Waals surface area (Å²) in [6.45, 7) is 1.99. The van der Waals surface area contributed by atoms with Gasteiger partial charge in [0.25, 0.3) is 0 Å². The van der Waals surface area contributed by atoms with E-state index in [-0.39, 0.29) is 23.6 Å². The van der Waals surface area contributed by atoms with Gasteiger partial charge in [0, 0.05) is 4.90 Å². The summed E-state index contributed by atoms with van der Waals surface area (Å²) < 4.78 is 0. The number of para-hydroxylation sites is 2. The molecule has 4 rings (SSSR count). The molecule has 2 aromatic rings. The Balaban J connectivity index is 1.53. The number of benzene rings is 2. The van der Waals surface area contributed by atoms with Crippen molar-refractivity contribution in [1.29, 1.82) is 0 Å².